The smallest absolute Gasteiger partial charge is 0.289 e. The highest BCUT2D eigenvalue weighted by Gasteiger charge is 2.37. The van der Waals surface area contributed by atoms with Gasteiger partial charge in [0, 0.05) is 64.6 Å². The Balaban J connectivity index is 1.36. The van der Waals surface area contributed by atoms with Gasteiger partial charge in [0.15, 0.2) is 5.82 Å². The number of likely N-dealkylation sites (tertiary alicyclic amines) is 1. The number of hydrogen-bond acceptors (Lipinski definition) is 5. The van der Waals surface area contributed by atoms with Crippen molar-refractivity contribution >= 4 is 11.8 Å². The molecule has 1 atom stereocenters. The molecule has 3 aliphatic rings. The van der Waals surface area contributed by atoms with Gasteiger partial charge < -0.3 is 19.1 Å². The molecule has 1 aliphatic carbocycles. The van der Waals surface area contributed by atoms with E-state index >= 15 is 0 Å². The number of carbonyl (C=O) groups excluding carboxylic acids is 2. The van der Waals surface area contributed by atoms with Gasteiger partial charge >= 0.3 is 0 Å². The number of amides is 2. The Morgan fingerprint density at radius 1 is 1.21 bits per heavy atom. The van der Waals surface area contributed by atoms with Crippen molar-refractivity contribution in [2.24, 2.45) is 13.0 Å². The van der Waals surface area contributed by atoms with Crippen LogP contribution >= 0.6 is 0 Å². The van der Waals surface area contributed by atoms with Gasteiger partial charge in [-0.1, -0.05) is 6.42 Å². The Bertz CT molecular complexity index is 711. The van der Waals surface area contributed by atoms with Crippen molar-refractivity contribution in [2.75, 3.05) is 52.5 Å². The van der Waals surface area contributed by atoms with Crippen molar-refractivity contribution in [1.29, 1.82) is 0 Å². The molecule has 160 valence electrons. The summed E-state index contributed by atoms with van der Waals surface area (Å²) in [7, 11) is 1.84. The van der Waals surface area contributed by atoms with Crippen LogP contribution in [-0.4, -0.2) is 94.6 Å². The fourth-order valence-electron chi connectivity index (χ4n) is 4.55. The monoisotopic (exact) mass is 403 g/mol. The third kappa shape index (κ3) is 4.64. The summed E-state index contributed by atoms with van der Waals surface area (Å²) in [6.07, 6.45) is 8.46. The van der Waals surface area contributed by atoms with E-state index in [0.29, 0.717) is 24.8 Å². The molecule has 1 aromatic rings. The second-order valence-electron chi connectivity index (χ2n) is 8.52. The molecule has 8 nitrogen and oxygen atoms in total. The molecular weight excluding hydrogens is 370 g/mol. The van der Waals surface area contributed by atoms with Gasteiger partial charge in [0.1, 0.15) is 0 Å². The first kappa shape index (κ1) is 20.3. The highest BCUT2D eigenvalue weighted by atomic mass is 16.5. The van der Waals surface area contributed by atoms with Crippen LogP contribution < -0.4 is 0 Å². The summed E-state index contributed by atoms with van der Waals surface area (Å²) in [4.78, 5) is 36.5. The first-order valence-corrected chi connectivity index (χ1v) is 11.0. The van der Waals surface area contributed by atoms with Crippen LogP contribution in [0.25, 0.3) is 0 Å². The van der Waals surface area contributed by atoms with Gasteiger partial charge in [0.05, 0.1) is 19.3 Å². The topological polar surface area (TPSA) is 70.9 Å². The molecule has 2 aliphatic heterocycles. The van der Waals surface area contributed by atoms with E-state index < -0.39 is 0 Å². The lowest BCUT2D eigenvalue weighted by molar-refractivity contribution is -0.140. The van der Waals surface area contributed by atoms with Crippen LogP contribution in [-0.2, 0) is 16.6 Å². The van der Waals surface area contributed by atoms with Gasteiger partial charge in [0.2, 0.25) is 5.91 Å². The molecule has 2 saturated heterocycles. The van der Waals surface area contributed by atoms with Gasteiger partial charge in [-0.05, 0) is 25.7 Å². The number of imidazole rings is 1. The van der Waals surface area contributed by atoms with E-state index in [-0.39, 0.29) is 17.9 Å². The summed E-state index contributed by atoms with van der Waals surface area (Å²) in [5, 5.41) is 0. The van der Waals surface area contributed by atoms with Crippen LogP contribution in [0.5, 0.6) is 0 Å². The van der Waals surface area contributed by atoms with Crippen LogP contribution in [0.1, 0.15) is 42.7 Å². The maximum Gasteiger partial charge on any atom is 0.289 e. The molecule has 2 amide bonds. The van der Waals surface area contributed by atoms with Gasteiger partial charge in [-0.3, -0.25) is 14.5 Å². The maximum atomic E-state index is 13.1. The third-order valence-corrected chi connectivity index (χ3v) is 6.62. The standard InChI is InChI=1S/C21H33N5O3/c1-23-11-7-22-19(23)21(28)25-10-6-18(16-25)26(20(27)17-4-2-5-17)9-3-8-24-12-14-29-15-13-24/h7,11,17-18H,2-6,8-10,12-16H2,1H3. The molecule has 1 aromatic heterocycles. The lowest BCUT2D eigenvalue weighted by Crippen LogP contribution is -2.48. The number of morpholine rings is 1. The fraction of sp³-hybridized carbons (Fsp3) is 0.762. The Labute approximate surface area is 172 Å². The number of hydrogen-bond donors (Lipinski definition) is 0. The normalized spacial score (nSPS) is 23.2. The summed E-state index contributed by atoms with van der Waals surface area (Å²) in [5.41, 5.74) is 0. The van der Waals surface area contributed by atoms with Crippen molar-refractivity contribution in [1.82, 2.24) is 24.3 Å². The first-order valence-electron chi connectivity index (χ1n) is 11.0. The van der Waals surface area contributed by atoms with Crippen molar-refractivity contribution in [2.45, 2.75) is 38.1 Å². The van der Waals surface area contributed by atoms with Crippen LogP contribution in [0.3, 0.4) is 0 Å². The predicted molar refractivity (Wildman–Crippen MR) is 108 cm³/mol. The molecule has 4 rings (SSSR count). The largest absolute Gasteiger partial charge is 0.379 e. The molecule has 0 radical (unpaired) electrons. The minimum atomic E-state index is -0.0376. The minimum absolute atomic E-state index is 0.0376. The molecular formula is C21H33N5O3. The van der Waals surface area contributed by atoms with Crippen molar-refractivity contribution < 1.29 is 14.3 Å². The molecule has 1 saturated carbocycles. The molecule has 0 N–H and O–H groups in total. The average molecular weight is 404 g/mol. The van der Waals surface area contributed by atoms with Crippen LogP contribution in [0.2, 0.25) is 0 Å². The molecule has 1 unspecified atom stereocenters. The van der Waals surface area contributed by atoms with E-state index in [1.807, 2.05) is 11.9 Å². The molecule has 8 heteroatoms. The van der Waals surface area contributed by atoms with E-state index in [1.165, 1.54) is 0 Å². The zero-order valence-electron chi connectivity index (χ0n) is 17.5. The molecule has 0 aromatic carbocycles. The van der Waals surface area contributed by atoms with Crippen molar-refractivity contribution in [3.05, 3.63) is 18.2 Å². The second kappa shape index (κ2) is 9.26. The summed E-state index contributed by atoms with van der Waals surface area (Å²) in [6, 6.07) is 0.122. The summed E-state index contributed by atoms with van der Waals surface area (Å²) in [6.45, 7) is 6.64. The number of aryl methyl sites for hydroxylation is 1. The number of carbonyl (C=O) groups is 2. The number of rotatable bonds is 7. The zero-order valence-corrected chi connectivity index (χ0v) is 17.5. The van der Waals surface area contributed by atoms with Crippen molar-refractivity contribution in [3.8, 4) is 0 Å². The maximum absolute atomic E-state index is 13.1. The van der Waals surface area contributed by atoms with Gasteiger partial charge in [-0.2, -0.15) is 0 Å². The number of ether oxygens (including phenoxy) is 1. The zero-order chi connectivity index (χ0) is 20.2. The van der Waals surface area contributed by atoms with E-state index in [4.69, 9.17) is 4.74 Å². The second-order valence-corrected chi connectivity index (χ2v) is 8.52. The fourth-order valence-corrected chi connectivity index (χ4v) is 4.55. The molecule has 0 spiro atoms. The summed E-state index contributed by atoms with van der Waals surface area (Å²) in [5.74, 6) is 0.923. The number of aromatic nitrogens is 2. The average Bonchev–Trinajstić information content (AvgIpc) is 3.33. The van der Waals surface area contributed by atoms with Gasteiger partial charge in [-0.15, -0.1) is 0 Å². The predicted octanol–water partition coefficient (Wildman–Crippen LogP) is 0.986. The molecule has 0 bridgehead atoms. The SMILES string of the molecule is Cn1ccnc1C(=O)N1CCC(N(CCCN2CCOCC2)C(=O)C2CCC2)C1. The quantitative estimate of drug-likeness (QED) is 0.679. The molecule has 3 heterocycles. The van der Waals surface area contributed by atoms with Gasteiger partial charge in [0.25, 0.3) is 5.91 Å². The van der Waals surface area contributed by atoms with E-state index in [1.54, 1.807) is 17.0 Å². The Hall–Kier alpha value is -1.93. The lowest BCUT2D eigenvalue weighted by Gasteiger charge is -2.36. The van der Waals surface area contributed by atoms with Crippen LogP contribution in [0.15, 0.2) is 12.4 Å². The van der Waals surface area contributed by atoms with Crippen LogP contribution in [0.4, 0.5) is 0 Å². The number of nitrogens with zero attached hydrogens (tertiary/aromatic N) is 5. The summed E-state index contributed by atoms with van der Waals surface area (Å²) >= 11 is 0. The van der Waals surface area contributed by atoms with E-state index in [2.05, 4.69) is 14.8 Å². The molecule has 3 fully saturated rings. The molecule has 29 heavy (non-hydrogen) atoms. The minimum Gasteiger partial charge on any atom is -0.379 e. The summed E-state index contributed by atoms with van der Waals surface area (Å²) < 4.78 is 7.18. The highest BCUT2D eigenvalue weighted by molar-refractivity contribution is 5.91. The third-order valence-electron chi connectivity index (χ3n) is 6.62. The first-order chi connectivity index (χ1) is 14.1. The Morgan fingerprint density at radius 3 is 2.66 bits per heavy atom. The van der Waals surface area contributed by atoms with Crippen molar-refractivity contribution in [3.63, 3.8) is 0 Å². The van der Waals surface area contributed by atoms with Gasteiger partial charge in [-0.25, -0.2) is 4.98 Å². The highest BCUT2D eigenvalue weighted by Crippen LogP contribution is 2.30. The Kier molecular flexibility index (Phi) is 6.50. The lowest BCUT2D eigenvalue weighted by atomic mass is 9.84. The van der Waals surface area contributed by atoms with E-state index in [9.17, 15) is 9.59 Å². The Morgan fingerprint density at radius 2 is 2.00 bits per heavy atom. The van der Waals surface area contributed by atoms with E-state index in [0.717, 1.165) is 71.5 Å². The van der Waals surface area contributed by atoms with Crippen LogP contribution in [0, 0.1) is 5.92 Å².